The van der Waals surface area contributed by atoms with E-state index in [1.165, 1.54) is 0 Å². The van der Waals surface area contributed by atoms with Crippen molar-refractivity contribution in [1.82, 2.24) is 10.2 Å². The second-order valence-corrected chi connectivity index (χ2v) is 5.85. The standard InChI is InChI=1S/C13H22N2O3/c1-9-7-15(8-10(9)11(16)17)12(18)13(2)5-3-4-6-14-13/h9-10,14H,3-8H2,1-2H3,(H,16,17). The lowest BCUT2D eigenvalue weighted by Gasteiger charge is -2.36. The predicted molar refractivity (Wildman–Crippen MR) is 67.1 cm³/mol. The molecule has 2 N–H and O–H groups in total. The van der Waals surface area contributed by atoms with E-state index in [4.69, 9.17) is 5.11 Å². The van der Waals surface area contributed by atoms with Crippen LogP contribution in [0, 0.1) is 11.8 Å². The number of piperidine rings is 1. The van der Waals surface area contributed by atoms with Crippen LogP contribution in [-0.4, -0.2) is 47.1 Å². The summed E-state index contributed by atoms with van der Waals surface area (Å²) < 4.78 is 0. The van der Waals surface area contributed by atoms with Crippen LogP contribution in [0.25, 0.3) is 0 Å². The van der Waals surface area contributed by atoms with Crippen LogP contribution < -0.4 is 5.32 Å². The van der Waals surface area contributed by atoms with Crippen LogP contribution >= 0.6 is 0 Å². The largest absolute Gasteiger partial charge is 0.481 e. The van der Waals surface area contributed by atoms with Crippen LogP contribution in [0.4, 0.5) is 0 Å². The van der Waals surface area contributed by atoms with E-state index >= 15 is 0 Å². The van der Waals surface area contributed by atoms with E-state index in [-0.39, 0.29) is 11.8 Å². The van der Waals surface area contributed by atoms with E-state index in [1.54, 1.807) is 4.90 Å². The first-order valence-corrected chi connectivity index (χ1v) is 6.71. The fourth-order valence-electron chi connectivity index (χ4n) is 3.04. The molecule has 0 bridgehead atoms. The van der Waals surface area contributed by atoms with Gasteiger partial charge in [-0.05, 0) is 38.6 Å². The van der Waals surface area contributed by atoms with E-state index in [0.29, 0.717) is 13.1 Å². The van der Waals surface area contributed by atoms with Crippen molar-refractivity contribution in [3.8, 4) is 0 Å². The van der Waals surface area contributed by atoms with Crippen molar-refractivity contribution in [2.24, 2.45) is 11.8 Å². The molecule has 0 radical (unpaired) electrons. The fraction of sp³-hybridized carbons (Fsp3) is 0.846. The smallest absolute Gasteiger partial charge is 0.308 e. The molecule has 0 saturated carbocycles. The highest BCUT2D eigenvalue weighted by atomic mass is 16.4. The van der Waals surface area contributed by atoms with Crippen molar-refractivity contribution in [1.29, 1.82) is 0 Å². The number of amides is 1. The van der Waals surface area contributed by atoms with Gasteiger partial charge >= 0.3 is 5.97 Å². The maximum absolute atomic E-state index is 12.5. The van der Waals surface area contributed by atoms with Gasteiger partial charge in [-0.25, -0.2) is 0 Å². The number of aliphatic carboxylic acids is 1. The summed E-state index contributed by atoms with van der Waals surface area (Å²) in [7, 11) is 0. The van der Waals surface area contributed by atoms with Crippen molar-refractivity contribution in [3.63, 3.8) is 0 Å². The van der Waals surface area contributed by atoms with Crippen molar-refractivity contribution in [2.45, 2.75) is 38.6 Å². The minimum Gasteiger partial charge on any atom is -0.481 e. The number of nitrogens with zero attached hydrogens (tertiary/aromatic N) is 1. The highest BCUT2D eigenvalue weighted by Gasteiger charge is 2.43. The highest BCUT2D eigenvalue weighted by Crippen LogP contribution is 2.28. The number of carboxylic acid groups (broad SMARTS) is 1. The van der Waals surface area contributed by atoms with Crippen molar-refractivity contribution in [3.05, 3.63) is 0 Å². The average Bonchev–Trinajstić information content (AvgIpc) is 2.71. The lowest BCUT2D eigenvalue weighted by atomic mass is 9.89. The maximum Gasteiger partial charge on any atom is 0.308 e. The summed E-state index contributed by atoms with van der Waals surface area (Å²) in [6.07, 6.45) is 3.01. The minimum atomic E-state index is -0.792. The number of rotatable bonds is 2. The topological polar surface area (TPSA) is 69.6 Å². The molecule has 2 aliphatic heterocycles. The van der Waals surface area contributed by atoms with E-state index in [0.717, 1.165) is 25.8 Å². The monoisotopic (exact) mass is 254 g/mol. The molecule has 0 aromatic carbocycles. The molecular weight excluding hydrogens is 232 g/mol. The van der Waals surface area contributed by atoms with Crippen LogP contribution in [0.2, 0.25) is 0 Å². The highest BCUT2D eigenvalue weighted by molar-refractivity contribution is 5.87. The van der Waals surface area contributed by atoms with Gasteiger partial charge in [0.15, 0.2) is 0 Å². The minimum absolute atomic E-state index is 0.0404. The molecule has 2 heterocycles. The van der Waals surface area contributed by atoms with Gasteiger partial charge in [-0.1, -0.05) is 6.92 Å². The summed E-state index contributed by atoms with van der Waals surface area (Å²) in [5.41, 5.74) is -0.495. The normalized spacial score (nSPS) is 36.7. The lowest BCUT2D eigenvalue weighted by Crippen LogP contribution is -2.57. The summed E-state index contributed by atoms with van der Waals surface area (Å²) in [5, 5.41) is 12.4. The second kappa shape index (κ2) is 4.88. The number of carboxylic acids is 1. The molecule has 0 aromatic heterocycles. The molecule has 5 nitrogen and oxygen atoms in total. The molecule has 0 aromatic rings. The molecule has 0 spiro atoms. The molecule has 5 heteroatoms. The van der Waals surface area contributed by atoms with Gasteiger partial charge in [-0.15, -0.1) is 0 Å². The first-order chi connectivity index (χ1) is 8.44. The van der Waals surface area contributed by atoms with Gasteiger partial charge in [-0.2, -0.15) is 0 Å². The maximum atomic E-state index is 12.5. The molecule has 0 aliphatic carbocycles. The van der Waals surface area contributed by atoms with Gasteiger partial charge < -0.3 is 15.3 Å². The first-order valence-electron chi connectivity index (χ1n) is 6.71. The number of hydrogen-bond donors (Lipinski definition) is 2. The lowest BCUT2D eigenvalue weighted by molar-refractivity contribution is -0.142. The van der Waals surface area contributed by atoms with Crippen LogP contribution in [0.1, 0.15) is 33.1 Å². The molecule has 2 aliphatic rings. The summed E-state index contributed by atoms with van der Waals surface area (Å²) in [6, 6.07) is 0. The Morgan fingerprint density at radius 2 is 2.06 bits per heavy atom. The molecule has 3 atom stereocenters. The average molecular weight is 254 g/mol. The van der Waals surface area contributed by atoms with Gasteiger partial charge in [0, 0.05) is 13.1 Å². The summed E-state index contributed by atoms with van der Waals surface area (Å²) in [6.45, 7) is 5.63. The van der Waals surface area contributed by atoms with Crippen molar-refractivity contribution in [2.75, 3.05) is 19.6 Å². The van der Waals surface area contributed by atoms with E-state index in [2.05, 4.69) is 5.32 Å². The third-order valence-electron chi connectivity index (χ3n) is 4.31. The Bertz CT molecular complexity index is 350. The molecule has 2 rings (SSSR count). The SMILES string of the molecule is CC1CN(C(=O)C2(C)CCCCN2)CC1C(=O)O. The van der Waals surface area contributed by atoms with Crippen molar-refractivity contribution >= 4 is 11.9 Å². The van der Waals surface area contributed by atoms with Crippen LogP contribution in [-0.2, 0) is 9.59 Å². The Labute approximate surface area is 108 Å². The second-order valence-electron chi connectivity index (χ2n) is 5.85. The number of nitrogens with one attached hydrogen (secondary N) is 1. The Kier molecular flexibility index (Phi) is 3.61. The summed E-state index contributed by atoms with van der Waals surface area (Å²) in [5.74, 6) is -1.10. The van der Waals surface area contributed by atoms with Crippen molar-refractivity contribution < 1.29 is 14.7 Å². The predicted octanol–water partition coefficient (Wildman–Crippen LogP) is 0.698. The summed E-state index contributed by atoms with van der Waals surface area (Å²) >= 11 is 0. The Morgan fingerprint density at radius 3 is 2.56 bits per heavy atom. The summed E-state index contributed by atoms with van der Waals surface area (Å²) in [4.78, 5) is 25.3. The molecule has 3 unspecified atom stereocenters. The zero-order chi connectivity index (χ0) is 13.3. The Morgan fingerprint density at radius 1 is 1.33 bits per heavy atom. The van der Waals surface area contributed by atoms with Crippen LogP contribution in [0.15, 0.2) is 0 Å². The fourth-order valence-corrected chi connectivity index (χ4v) is 3.04. The Balaban J connectivity index is 2.04. The first kappa shape index (κ1) is 13.3. The number of hydrogen-bond acceptors (Lipinski definition) is 3. The van der Waals surface area contributed by atoms with E-state index in [9.17, 15) is 9.59 Å². The molecular formula is C13H22N2O3. The Hall–Kier alpha value is -1.10. The third-order valence-corrected chi connectivity index (χ3v) is 4.31. The zero-order valence-electron chi connectivity index (χ0n) is 11.1. The molecule has 18 heavy (non-hydrogen) atoms. The van der Waals surface area contributed by atoms with Crippen LogP contribution in [0.3, 0.4) is 0 Å². The van der Waals surface area contributed by atoms with Gasteiger partial charge in [0.1, 0.15) is 0 Å². The van der Waals surface area contributed by atoms with E-state index < -0.39 is 17.4 Å². The van der Waals surface area contributed by atoms with E-state index in [1.807, 2.05) is 13.8 Å². The van der Waals surface area contributed by atoms with Gasteiger partial charge in [-0.3, -0.25) is 9.59 Å². The van der Waals surface area contributed by atoms with Gasteiger partial charge in [0.25, 0.3) is 0 Å². The quantitative estimate of drug-likeness (QED) is 0.761. The molecule has 2 fully saturated rings. The molecule has 102 valence electrons. The van der Waals surface area contributed by atoms with Crippen LogP contribution in [0.5, 0.6) is 0 Å². The third kappa shape index (κ3) is 2.36. The number of carbonyl (C=O) groups excluding carboxylic acids is 1. The van der Waals surface area contributed by atoms with Gasteiger partial charge in [0.2, 0.25) is 5.91 Å². The zero-order valence-corrected chi connectivity index (χ0v) is 11.1. The van der Waals surface area contributed by atoms with Gasteiger partial charge in [0.05, 0.1) is 11.5 Å². The number of carbonyl (C=O) groups is 2. The molecule has 2 saturated heterocycles. The number of likely N-dealkylation sites (tertiary alicyclic amines) is 1. The molecule has 1 amide bonds.